The van der Waals surface area contributed by atoms with Gasteiger partial charge in [0.1, 0.15) is 0 Å². The SMILES string of the molecule is CCCNCC(CCCSC)c1ccc(Br)cc1. The molecule has 0 aromatic heterocycles. The van der Waals surface area contributed by atoms with E-state index in [1.165, 1.54) is 30.6 Å². The van der Waals surface area contributed by atoms with Gasteiger partial charge < -0.3 is 5.32 Å². The van der Waals surface area contributed by atoms with Gasteiger partial charge in [-0.2, -0.15) is 11.8 Å². The number of rotatable bonds is 9. The molecule has 0 heterocycles. The molecule has 1 unspecified atom stereocenters. The lowest BCUT2D eigenvalue weighted by Crippen LogP contribution is -2.22. The van der Waals surface area contributed by atoms with Gasteiger partial charge in [0.15, 0.2) is 0 Å². The molecular weight excluding hydrogens is 306 g/mol. The van der Waals surface area contributed by atoms with Gasteiger partial charge in [0, 0.05) is 11.0 Å². The minimum atomic E-state index is 0.650. The van der Waals surface area contributed by atoms with Crippen LogP contribution in [0, 0.1) is 0 Å². The molecule has 0 amide bonds. The zero-order chi connectivity index (χ0) is 13.2. The van der Waals surface area contributed by atoms with Crippen molar-refractivity contribution in [1.82, 2.24) is 5.32 Å². The first-order valence-electron chi connectivity index (χ1n) is 6.73. The van der Waals surface area contributed by atoms with E-state index in [-0.39, 0.29) is 0 Å². The van der Waals surface area contributed by atoms with Crippen LogP contribution in [-0.4, -0.2) is 25.1 Å². The second-order valence-corrected chi connectivity index (χ2v) is 6.49. The van der Waals surface area contributed by atoms with E-state index >= 15 is 0 Å². The topological polar surface area (TPSA) is 12.0 Å². The molecule has 3 heteroatoms. The van der Waals surface area contributed by atoms with Crippen molar-refractivity contribution in [2.45, 2.75) is 32.1 Å². The Bertz CT molecular complexity index is 303. The average Bonchev–Trinajstić information content (AvgIpc) is 2.38. The van der Waals surface area contributed by atoms with Crippen LogP contribution in [0.2, 0.25) is 0 Å². The van der Waals surface area contributed by atoms with Gasteiger partial charge in [0.25, 0.3) is 0 Å². The molecule has 18 heavy (non-hydrogen) atoms. The summed E-state index contributed by atoms with van der Waals surface area (Å²) < 4.78 is 1.16. The first-order chi connectivity index (χ1) is 8.77. The van der Waals surface area contributed by atoms with Crippen molar-refractivity contribution in [3.8, 4) is 0 Å². The van der Waals surface area contributed by atoms with Crippen LogP contribution < -0.4 is 5.32 Å². The maximum absolute atomic E-state index is 3.56. The average molecular weight is 330 g/mol. The molecular formula is C15H24BrNS. The molecule has 0 saturated heterocycles. The predicted molar refractivity (Wildman–Crippen MR) is 87.7 cm³/mol. The molecule has 1 rings (SSSR count). The lowest BCUT2D eigenvalue weighted by molar-refractivity contribution is 0.544. The summed E-state index contributed by atoms with van der Waals surface area (Å²) in [6.07, 6.45) is 5.97. The highest BCUT2D eigenvalue weighted by atomic mass is 79.9. The molecule has 0 spiro atoms. The summed E-state index contributed by atoms with van der Waals surface area (Å²) in [5.74, 6) is 1.91. The molecule has 0 fully saturated rings. The highest BCUT2D eigenvalue weighted by molar-refractivity contribution is 9.10. The zero-order valence-electron chi connectivity index (χ0n) is 11.4. The van der Waals surface area contributed by atoms with Crippen LogP contribution in [0.25, 0.3) is 0 Å². The summed E-state index contributed by atoms with van der Waals surface area (Å²) in [5.41, 5.74) is 1.46. The van der Waals surface area contributed by atoms with Gasteiger partial charge in [-0.3, -0.25) is 0 Å². The van der Waals surface area contributed by atoms with E-state index in [0.29, 0.717) is 5.92 Å². The van der Waals surface area contributed by atoms with E-state index < -0.39 is 0 Å². The summed E-state index contributed by atoms with van der Waals surface area (Å²) in [6.45, 7) is 4.44. The fraction of sp³-hybridized carbons (Fsp3) is 0.600. The van der Waals surface area contributed by atoms with Gasteiger partial charge in [-0.25, -0.2) is 0 Å². The first-order valence-corrected chi connectivity index (χ1v) is 8.91. The van der Waals surface area contributed by atoms with E-state index in [2.05, 4.69) is 58.7 Å². The Balaban J connectivity index is 2.54. The van der Waals surface area contributed by atoms with Crippen LogP contribution in [0.4, 0.5) is 0 Å². The van der Waals surface area contributed by atoms with Crippen molar-refractivity contribution < 1.29 is 0 Å². The molecule has 1 aromatic rings. The summed E-state index contributed by atoms with van der Waals surface area (Å²) in [6, 6.07) is 8.80. The van der Waals surface area contributed by atoms with Crippen molar-refractivity contribution >= 4 is 27.7 Å². The molecule has 0 aliphatic rings. The highest BCUT2D eigenvalue weighted by Crippen LogP contribution is 2.23. The van der Waals surface area contributed by atoms with Crippen LogP contribution in [0.15, 0.2) is 28.7 Å². The maximum Gasteiger partial charge on any atom is 0.0175 e. The minimum absolute atomic E-state index is 0.650. The molecule has 102 valence electrons. The normalized spacial score (nSPS) is 12.6. The van der Waals surface area contributed by atoms with Crippen molar-refractivity contribution in [3.63, 3.8) is 0 Å². The van der Waals surface area contributed by atoms with Crippen LogP contribution in [-0.2, 0) is 0 Å². The monoisotopic (exact) mass is 329 g/mol. The molecule has 1 nitrogen and oxygen atoms in total. The number of thioether (sulfide) groups is 1. The lowest BCUT2D eigenvalue weighted by Gasteiger charge is -2.18. The zero-order valence-corrected chi connectivity index (χ0v) is 13.8. The number of hydrogen-bond acceptors (Lipinski definition) is 2. The Labute approximate surface area is 124 Å². The number of benzene rings is 1. The Morgan fingerprint density at radius 1 is 1.28 bits per heavy atom. The van der Waals surface area contributed by atoms with E-state index in [1.54, 1.807) is 0 Å². The highest BCUT2D eigenvalue weighted by Gasteiger charge is 2.10. The minimum Gasteiger partial charge on any atom is -0.316 e. The first kappa shape index (κ1) is 16.1. The fourth-order valence-electron chi connectivity index (χ4n) is 2.05. The second kappa shape index (κ2) is 9.88. The standard InChI is InChI=1S/C15H24BrNS/c1-3-10-17-12-14(5-4-11-18-2)13-6-8-15(16)9-7-13/h6-9,14,17H,3-5,10-12H2,1-2H3. The van der Waals surface area contributed by atoms with Crippen molar-refractivity contribution in [1.29, 1.82) is 0 Å². The molecule has 0 aliphatic carbocycles. The Morgan fingerprint density at radius 2 is 2.00 bits per heavy atom. The van der Waals surface area contributed by atoms with Gasteiger partial charge in [0.2, 0.25) is 0 Å². The van der Waals surface area contributed by atoms with E-state index in [9.17, 15) is 0 Å². The van der Waals surface area contributed by atoms with Crippen LogP contribution in [0.5, 0.6) is 0 Å². The van der Waals surface area contributed by atoms with Gasteiger partial charge in [-0.15, -0.1) is 0 Å². The summed E-state index contributed by atoms with van der Waals surface area (Å²) in [7, 11) is 0. The van der Waals surface area contributed by atoms with E-state index in [0.717, 1.165) is 17.6 Å². The van der Waals surface area contributed by atoms with Gasteiger partial charge in [-0.05, 0) is 61.4 Å². The number of halogens is 1. The van der Waals surface area contributed by atoms with Crippen LogP contribution in [0.1, 0.15) is 37.7 Å². The van der Waals surface area contributed by atoms with Crippen molar-refractivity contribution in [2.75, 3.05) is 25.1 Å². The van der Waals surface area contributed by atoms with Crippen molar-refractivity contribution in [3.05, 3.63) is 34.3 Å². The quantitative estimate of drug-likeness (QED) is 0.660. The Morgan fingerprint density at radius 3 is 2.61 bits per heavy atom. The Kier molecular flexibility index (Phi) is 8.82. The molecule has 0 radical (unpaired) electrons. The molecule has 1 aromatic carbocycles. The maximum atomic E-state index is 3.56. The predicted octanol–water partition coefficient (Wildman–Crippen LogP) is 4.68. The summed E-state index contributed by atoms with van der Waals surface area (Å²) in [4.78, 5) is 0. The molecule has 0 aliphatic heterocycles. The van der Waals surface area contributed by atoms with Gasteiger partial charge in [-0.1, -0.05) is 35.0 Å². The van der Waals surface area contributed by atoms with E-state index in [1.807, 2.05) is 11.8 Å². The van der Waals surface area contributed by atoms with Crippen LogP contribution >= 0.6 is 27.7 Å². The van der Waals surface area contributed by atoms with Crippen molar-refractivity contribution in [2.24, 2.45) is 0 Å². The Hall–Kier alpha value is 0.01000. The van der Waals surface area contributed by atoms with E-state index in [4.69, 9.17) is 0 Å². The number of hydrogen-bond donors (Lipinski definition) is 1. The third kappa shape index (κ3) is 6.26. The fourth-order valence-corrected chi connectivity index (χ4v) is 2.77. The number of nitrogens with one attached hydrogen (secondary N) is 1. The largest absolute Gasteiger partial charge is 0.316 e. The molecule has 0 saturated carbocycles. The molecule has 0 bridgehead atoms. The summed E-state index contributed by atoms with van der Waals surface area (Å²) >= 11 is 5.45. The lowest BCUT2D eigenvalue weighted by atomic mass is 9.94. The van der Waals surface area contributed by atoms with Crippen LogP contribution in [0.3, 0.4) is 0 Å². The second-order valence-electron chi connectivity index (χ2n) is 4.59. The molecule has 1 N–H and O–H groups in total. The molecule has 1 atom stereocenters. The smallest absolute Gasteiger partial charge is 0.0175 e. The summed E-state index contributed by atoms with van der Waals surface area (Å²) in [5, 5.41) is 3.56. The third-order valence-electron chi connectivity index (χ3n) is 3.06. The van der Waals surface area contributed by atoms with Gasteiger partial charge >= 0.3 is 0 Å². The van der Waals surface area contributed by atoms with Gasteiger partial charge in [0.05, 0.1) is 0 Å². The third-order valence-corrected chi connectivity index (χ3v) is 4.29.